The summed E-state index contributed by atoms with van der Waals surface area (Å²) in [6.45, 7) is 0. The number of benzene rings is 8. The summed E-state index contributed by atoms with van der Waals surface area (Å²) in [5.41, 5.74) is 13.1. The second-order valence-corrected chi connectivity index (χ2v) is 18.6. The second-order valence-electron chi connectivity index (χ2n) is 16.5. The fourth-order valence-corrected chi connectivity index (χ4v) is 12.6. The molecule has 0 spiro atoms. The monoisotopic (exact) mass is 850 g/mol. The van der Waals surface area contributed by atoms with E-state index in [9.17, 15) is 0 Å². The molecule has 0 amide bonds. The maximum atomic E-state index is 4.95. The highest BCUT2D eigenvalue weighted by molar-refractivity contribution is 7.27. The van der Waals surface area contributed by atoms with E-state index in [0.29, 0.717) is 0 Å². The van der Waals surface area contributed by atoms with E-state index in [1.54, 1.807) is 0 Å². The van der Waals surface area contributed by atoms with E-state index in [1.165, 1.54) is 84.0 Å². The van der Waals surface area contributed by atoms with Gasteiger partial charge in [0.05, 0.1) is 33.5 Å². The van der Waals surface area contributed by atoms with Gasteiger partial charge in [-0.1, -0.05) is 121 Å². The van der Waals surface area contributed by atoms with Gasteiger partial charge in [-0.2, -0.15) is 0 Å². The highest BCUT2D eigenvalue weighted by Crippen LogP contribution is 2.45. The minimum Gasteiger partial charge on any atom is -0.309 e. The van der Waals surface area contributed by atoms with Gasteiger partial charge in [-0.3, -0.25) is 9.97 Å². The number of pyridine rings is 2. The van der Waals surface area contributed by atoms with Crippen molar-refractivity contribution < 1.29 is 0 Å². The standard InChI is InChI=1S/C58H34N4S2/c1-5-19-49-45(17-1)55-51(29-25-43-41-15-3-7-21-53(41)63-57(43)55)61(49)39-13-9-11-35(31-39)37-23-27-47(59-33-37)48-28-24-38(34-60-48)36-12-10-14-40(32-36)62-50-20-6-2-18-46(50)56-52(62)30-26-44-42-16-4-8-22-54(42)64-58(44)56/h1-34H. The highest BCUT2D eigenvalue weighted by Gasteiger charge is 2.20. The molecule has 0 aliphatic rings. The van der Waals surface area contributed by atoms with Crippen molar-refractivity contribution in [1.29, 1.82) is 0 Å². The Morgan fingerprint density at radius 1 is 0.312 bits per heavy atom. The molecular formula is C58H34N4S2. The lowest BCUT2D eigenvalue weighted by Crippen LogP contribution is -1.95. The van der Waals surface area contributed by atoms with Gasteiger partial charge >= 0.3 is 0 Å². The molecular weight excluding hydrogens is 817 g/mol. The Morgan fingerprint density at radius 2 is 0.750 bits per heavy atom. The predicted octanol–water partition coefficient (Wildman–Crippen LogP) is 16.4. The van der Waals surface area contributed by atoms with Crippen molar-refractivity contribution in [1.82, 2.24) is 19.1 Å². The van der Waals surface area contributed by atoms with Crippen LogP contribution in [-0.4, -0.2) is 19.1 Å². The SMILES string of the molecule is c1cc(-c2ccc(-c3ccc(-c4cccc(-n5c6ccccc6c6c7sc8ccccc8c7ccc65)c4)cn3)nc2)cc(-n2c3ccccc3c3c4sc5ccccc5c4ccc32)c1. The summed E-state index contributed by atoms with van der Waals surface area (Å²) in [5, 5.41) is 10.4. The van der Waals surface area contributed by atoms with Gasteiger partial charge in [0, 0.05) is 96.8 Å². The van der Waals surface area contributed by atoms with Gasteiger partial charge < -0.3 is 9.13 Å². The van der Waals surface area contributed by atoms with Crippen LogP contribution in [0.15, 0.2) is 207 Å². The maximum absolute atomic E-state index is 4.95. The van der Waals surface area contributed by atoms with Crippen LogP contribution in [0.4, 0.5) is 0 Å². The van der Waals surface area contributed by atoms with Crippen LogP contribution in [0.5, 0.6) is 0 Å². The number of thiophene rings is 2. The topological polar surface area (TPSA) is 35.6 Å². The van der Waals surface area contributed by atoms with Gasteiger partial charge in [0.1, 0.15) is 0 Å². The summed E-state index contributed by atoms with van der Waals surface area (Å²) in [6, 6.07) is 70.3. The number of hydrogen-bond acceptors (Lipinski definition) is 4. The summed E-state index contributed by atoms with van der Waals surface area (Å²) >= 11 is 3.77. The zero-order valence-corrected chi connectivity index (χ0v) is 35.9. The summed E-state index contributed by atoms with van der Waals surface area (Å²) in [7, 11) is 0. The fraction of sp³-hybridized carbons (Fsp3) is 0. The molecule has 4 nitrogen and oxygen atoms in total. The molecule has 0 fully saturated rings. The second kappa shape index (κ2) is 13.8. The molecule has 0 unspecified atom stereocenters. The minimum atomic E-state index is 0.841. The van der Waals surface area contributed by atoms with Crippen molar-refractivity contribution in [3.05, 3.63) is 207 Å². The largest absolute Gasteiger partial charge is 0.309 e. The van der Waals surface area contributed by atoms with E-state index in [0.717, 1.165) is 45.0 Å². The first-order valence-corrected chi connectivity index (χ1v) is 23.2. The number of para-hydroxylation sites is 2. The van der Waals surface area contributed by atoms with Crippen LogP contribution in [0.1, 0.15) is 0 Å². The molecule has 6 aromatic heterocycles. The molecule has 64 heavy (non-hydrogen) atoms. The molecule has 0 aliphatic carbocycles. The Bertz CT molecular complexity index is 3910. The summed E-state index contributed by atoms with van der Waals surface area (Å²) < 4.78 is 10.1. The number of hydrogen-bond donors (Lipinski definition) is 0. The van der Waals surface area contributed by atoms with E-state index in [-0.39, 0.29) is 0 Å². The molecule has 0 aliphatic heterocycles. The maximum Gasteiger partial charge on any atom is 0.0886 e. The third kappa shape index (κ3) is 5.27. The first-order valence-electron chi connectivity index (χ1n) is 21.5. The molecule has 0 N–H and O–H groups in total. The van der Waals surface area contributed by atoms with E-state index >= 15 is 0 Å². The van der Waals surface area contributed by atoms with Gasteiger partial charge in [0.25, 0.3) is 0 Å². The normalized spacial score (nSPS) is 12.1. The van der Waals surface area contributed by atoms with E-state index in [2.05, 4.69) is 203 Å². The Labute approximate surface area is 375 Å². The minimum absolute atomic E-state index is 0.841. The van der Waals surface area contributed by atoms with Gasteiger partial charge in [-0.25, -0.2) is 0 Å². The van der Waals surface area contributed by atoms with Crippen molar-refractivity contribution in [2.45, 2.75) is 0 Å². The van der Waals surface area contributed by atoms with E-state index in [1.807, 2.05) is 35.1 Å². The van der Waals surface area contributed by atoms with Crippen LogP contribution < -0.4 is 0 Å². The van der Waals surface area contributed by atoms with Crippen molar-refractivity contribution in [2.75, 3.05) is 0 Å². The molecule has 0 saturated carbocycles. The average Bonchev–Trinajstić information content (AvgIpc) is 4.12. The number of rotatable bonds is 5. The number of aromatic nitrogens is 4. The van der Waals surface area contributed by atoms with Gasteiger partial charge in [0.2, 0.25) is 0 Å². The summed E-state index contributed by atoms with van der Waals surface area (Å²) in [5.74, 6) is 0. The quantitative estimate of drug-likeness (QED) is 0.173. The first kappa shape index (κ1) is 35.7. The van der Waals surface area contributed by atoms with E-state index in [4.69, 9.17) is 9.97 Å². The molecule has 6 heteroatoms. The molecule has 14 aromatic rings. The first-order chi connectivity index (χ1) is 31.7. The van der Waals surface area contributed by atoms with Gasteiger partial charge in [-0.05, 0) is 83.9 Å². The molecule has 8 aromatic carbocycles. The van der Waals surface area contributed by atoms with Crippen molar-refractivity contribution >= 4 is 107 Å². The summed E-state index contributed by atoms with van der Waals surface area (Å²) in [4.78, 5) is 9.89. The molecule has 0 bridgehead atoms. The Balaban J connectivity index is 0.785. The third-order valence-corrected chi connectivity index (χ3v) is 15.4. The molecule has 14 rings (SSSR count). The van der Waals surface area contributed by atoms with Crippen LogP contribution in [0.3, 0.4) is 0 Å². The van der Waals surface area contributed by atoms with Crippen LogP contribution in [0, 0.1) is 0 Å². The summed E-state index contributed by atoms with van der Waals surface area (Å²) in [6.07, 6.45) is 3.94. The molecule has 298 valence electrons. The van der Waals surface area contributed by atoms with Crippen LogP contribution in [0.25, 0.3) is 129 Å². The van der Waals surface area contributed by atoms with Gasteiger partial charge in [0.15, 0.2) is 0 Å². The Hall–Kier alpha value is -7.90. The molecule has 6 heterocycles. The lowest BCUT2D eigenvalue weighted by atomic mass is 10.0. The fourth-order valence-electron chi connectivity index (χ4n) is 10.1. The zero-order valence-electron chi connectivity index (χ0n) is 34.2. The van der Waals surface area contributed by atoms with E-state index < -0.39 is 0 Å². The van der Waals surface area contributed by atoms with Crippen molar-refractivity contribution in [3.8, 4) is 45.0 Å². The molecule has 0 saturated heterocycles. The third-order valence-electron chi connectivity index (χ3n) is 13.0. The molecule has 0 radical (unpaired) electrons. The van der Waals surface area contributed by atoms with Crippen LogP contribution in [0.2, 0.25) is 0 Å². The Morgan fingerprint density at radius 3 is 1.20 bits per heavy atom. The lowest BCUT2D eigenvalue weighted by molar-refractivity contribution is 1.18. The number of fused-ring (bicyclic) bond motifs is 14. The van der Waals surface area contributed by atoms with Crippen molar-refractivity contribution in [2.24, 2.45) is 0 Å². The van der Waals surface area contributed by atoms with Crippen LogP contribution in [-0.2, 0) is 0 Å². The van der Waals surface area contributed by atoms with Crippen LogP contribution >= 0.6 is 22.7 Å². The predicted molar refractivity (Wildman–Crippen MR) is 273 cm³/mol. The smallest absolute Gasteiger partial charge is 0.0886 e. The number of nitrogens with zero attached hydrogens (tertiary/aromatic N) is 4. The van der Waals surface area contributed by atoms with Crippen molar-refractivity contribution in [3.63, 3.8) is 0 Å². The van der Waals surface area contributed by atoms with Gasteiger partial charge in [-0.15, -0.1) is 22.7 Å². The highest BCUT2D eigenvalue weighted by atomic mass is 32.1. The zero-order chi connectivity index (χ0) is 41.9. The Kier molecular flexibility index (Phi) is 7.69. The molecule has 0 atom stereocenters. The average molecular weight is 851 g/mol. The lowest BCUT2D eigenvalue weighted by Gasteiger charge is -2.11.